The summed E-state index contributed by atoms with van der Waals surface area (Å²) < 4.78 is 1.62. The lowest BCUT2D eigenvalue weighted by molar-refractivity contribution is 0.801. The van der Waals surface area contributed by atoms with Crippen molar-refractivity contribution in [2.75, 3.05) is 19.0 Å². The molecule has 0 amide bonds. The molecule has 6 nitrogen and oxygen atoms in total. The molecule has 0 aliphatic heterocycles. The van der Waals surface area contributed by atoms with Crippen LogP contribution in [0.25, 0.3) is 11.0 Å². The second-order valence-electron chi connectivity index (χ2n) is 3.82. The van der Waals surface area contributed by atoms with Gasteiger partial charge in [-0.2, -0.15) is 19.7 Å². The van der Waals surface area contributed by atoms with E-state index in [0.717, 1.165) is 0 Å². The first-order valence-electron chi connectivity index (χ1n) is 5.22. The van der Waals surface area contributed by atoms with Gasteiger partial charge in [-0.25, -0.2) is 4.98 Å². The molecular weight excluding hydrogens is 390 g/mol. The van der Waals surface area contributed by atoms with Gasteiger partial charge in [0, 0.05) is 14.1 Å². The van der Waals surface area contributed by atoms with Crippen LogP contribution in [0.15, 0.2) is 16.6 Å². The Kier molecular flexibility index (Phi) is 4.85. The molecule has 0 bridgehead atoms. The van der Waals surface area contributed by atoms with E-state index in [2.05, 4.69) is 36.0 Å². The minimum absolute atomic E-state index is 0.164. The van der Waals surface area contributed by atoms with Crippen LogP contribution >= 0.6 is 50.7 Å². The number of anilines is 1. The van der Waals surface area contributed by atoms with Gasteiger partial charge in [-0.3, -0.25) is 0 Å². The fourth-order valence-electron chi connectivity index (χ4n) is 1.43. The number of hydrogen-bond donors (Lipinski definition) is 0. The van der Waals surface area contributed by atoms with Crippen molar-refractivity contribution in [3.63, 3.8) is 0 Å². The SMILES string of the molecule is CN(C)c1nc(-n2cncn2)nc(Cl)c1/C(Cl)=C(/Cl)Br. The second kappa shape index (κ2) is 6.26. The Morgan fingerprint density at radius 1 is 1.30 bits per heavy atom. The lowest BCUT2D eigenvalue weighted by Crippen LogP contribution is -2.16. The van der Waals surface area contributed by atoms with Crippen LogP contribution in [0.2, 0.25) is 5.15 Å². The summed E-state index contributed by atoms with van der Waals surface area (Å²) >= 11 is 21.3. The van der Waals surface area contributed by atoms with Crippen molar-refractivity contribution in [3.8, 4) is 5.95 Å². The molecule has 2 rings (SSSR count). The van der Waals surface area contributed by atoms with Crippen LogP contribution in [-0.2, 0) is 0 Å². The maximum atomic E-state index is 6.20. The van der Waals surface area contributed by atoms with Gasteiger partial charge in [0.1, 0.15) is 27.6 Å². The first-order chi connectivity index (χ1) is 9.41. The summed E-state index contributed by atoms with van der Waals surface area (Å²) in [7, 11) is 3.61. The molecule has 0 atom stereocenters. The highest BCUT2D eigenvalue weighted by molar-refractivity contribution is 9.12. The van der Waals surface area contributed by atoms with Gasteiger partial charge < -0.3 is 4.90 Å². The van der Waals surface area contributed by atoms with E-state index in [-0.39, 0.29) is 20.1 Å². The summed E-state index contributed by atoms with van der Waals surface area (Å²) in [6.45, 7) is 0. The molecule has 0 N–H and O–H groups in total. The molecule has 2 aromatic heterocycles. The second-order valence-corrected chi connectivity index (χ2v) is 6.19. The van der Waals surface area contributed by atoms with E-state index in [1.165, 1.54) is 17.3 Å². The van der Waals surface area contributed by atoms with Crippen LogP contribution in [0.3, 0.4) is 0 Å². The Hall–Kier alpha value is -0.890. The number of hydrogen-bond acceptors (Lipinski definition) is 5. The van der Waals surface area contributed by atoms with Crippen molar-refractivity contribution in [3.05, 3.63) is 27.3 Å². The highest BCUT2D eigenvalue weighted by Crippen LogP contribution is 2.37. The molecule has 2 aromatic rings. The average Bonchev–Trinajstić information content (AvgIpc) is 2.90. The van der Waals surface area contributed by atoms with Gasteiger partial charge in [-0.1, -0.05) is 34.8 Å². The van der Waals surface area contributed by atoms with Crippen molar-refractivity contribution in [2.45, 2.75) is 0 Å². The predicted octanol–water partition coefficient (Wildman–Crippen LogP) is 3.28. The predicted molar refractivity (Wildman–Crippen MR) is 83.8 cm³/mol. The van der Waals surface area contributed by atoms with E-state index in [4.69, 9.17) is 34.8 Å². The number of nitrogens with zero attached hydrogens (tertiary/aromatic N) is 6. The van der Waals surface area contributed by atoms with Gasteiger partial charge in [0.2, 0.25) is 0 Å². The standard InChI is InChI=1S/C10H8BrCl3N6/c1-19(2)9-5(6(12)7(11)13)8(14)17-10(18-9)20-4-15-3-16-20/h3-4H,1-2H3/b7-6-. The van der Waals surface area contributed by atoms with Crippen molar-refractivity contribution in [2.24, 2.45) is 0 Å². The molecule has 20 heavy (non-hydrogen) atoms. The molecule has 2 heterocycles. The molecule has 10 heteroatoms. The Morgan fingerprint density at radius 2 is 2.00 bits per heavy atom. The molecule has 0 saturated heterocycles. The van der Waals surface area contributed by atoms with Crippen LogP contribution in [0, 0.1) is 0 Å². The van der Waals surface area contributed by atoms with E-state index in [9.17, 15) is 0 Å². The van der Waals surface area contributed by atoms with Crippen LogP contribution in [0.5, 0.6) is 0 Å². The van der Waals surface area contributed by atoms with E-state index in [1.807, 2.05) is 0 Å². The normalized spacial score (nSPS) is 12.3. The molecule has 0 aliphatic carbocycles. The third-order valence-corrected chi connectivity index (χ3v) is 3.83. The van der Waals surface area contributed by atoms with Crippen LogP contribution in [-0.4, -0.2) is 38.8 Å². The summed E-state index contributed by atoms with van der Waals surface area (Å²) in [5.41, 5.74) is 0.434. The maximum Gasteiger partial charge on any atom is 0.255 e. The zero-order chi connectivity index (χ0) is 14.9. The average molecular weight is 398 g/mol. The van der Waals surface area contributed by atoms with Crippen LogP contribution in [0.1, 0.15) is 5.56 Å². The first-order valence-corrected chi connectivity index (χ1v) is 7.15. The van der Waals surface area contributed by atoms with E-state index in [1.54, 1.807) is 19.0 Å². The number of halogens is 4. The smallest absolute Gasteiger partial charge is 0.255 e. The van der Waals surface area contributed by atoms with Crippen molar-refractivity contribution < 1.29 is 0 Å². The molecule has 0 radical (unpaired) electrons. The van der Waals surface area contributed by atoms with E-state index >= 15 is 0 Å². The minimum Gasteiger partial charge on any atom is -0.362 e. The molecule has 0 fully saturated rings. The van der Waals surface area contributed by atoms with Gasteiger partial charge >= 0.3 is 0 Å². The monoisotopic (exact) mass is 396 g/mol. The Balaban J connectivity index is 2.69. The van der Waals surface area contributed by atoms with Gasteiger partial charge in [-0.05, 0) is 15.9 Å². The highest BCUT2D eigenvalue weighted by atomic mass is 79.9. The summed E-state index contributed by atoms with van der Waals surface area (Å²) in [6.07, 6.45) is 2.85. The van der Waals surface area contributed by atoms with E-state index in [0.29, 0.717) is 11.4 Å². The molecule has 0 aliphatic rings. The van der Waals surface area contributed by atoms with Gasteiger partial charge in [0.15, 0.2) is 0 Å². The number of aromatic nitrogens is 5. The van der Waals surface area contributed by atoms with Crippen molar-refractivity contribution >= 4 is 61.6 Å². The third kappa shape index (κ3) is 3.06. The summed E-state index contributed by atoms with van der Waals surface area (Å²) in [6, 6.07) is 0. The fourth-order valence-corrected chi connectivity index (χ4v) is 2.20. The summed E-state index contributed by atoms with van der Waals surface area (Å²) in [5.74, 6) is 0.799. The lowest BCUT2D eigenvalue weighted by Gasteiger charge is -2.17. The highest BCUT2D eigenvalue weighted by Gasteiger charge is 2.20. The maximum absolute atomic E-state index is 6.20. The molecule has 0 unspecified atom stereocenters. The Bertz CT molecular complexity index is 651. The first kappa shape index (κ1) is 15.5. The van der Waals surface area contributed by atoms with Gasteiger partial charge in [-0.15, -0.1) is 0 Å². The van der Waals surface area contributed by atoms with Crippen molar-refractivity contribution in [1.82, 2.24) is 24.7 Å². The summed E-state index contributed by atoms with van der Waals surface area (Å²) in [5, 5.41) is 4.35. The zero-order valence-corrected chi connectivity index (χ0v) is 14.2. The van der Waals surface area contributed by atoms with Crippen molar-refractivity contribution in [1.29, 1.82) is 0 Å². The third-order valence-electron chi connectivity index (χ3n) is 2.27. The quantitative estimate of drug-likeness (QED) is 0.743. The topological polar surface area (TPSA) is 59.7 Å². The zero-order valence-electron chi connectivity index (χ0n) is 10.3. The van der Waals surface area contributed by atoms with Gasteiger partial charge in [0.05, 0.1) is 10.6 Å². The molecule has 0 aromatic carbocycles. The minimum atomic E-state index is 0.164. The fraction of sp³-hybridized carbons (Fsp3) is 0.200. The van der Waals surface area contributed by atoms with Crippen LogP contribution in [0.4, 0.5) is 5.82 Å². The van der Waals surface area contributed by atoms with E-state index < -0.39 is 0 Å². The molecule has 0 saturated carbocycles. The van der Waals surface area contributed by atoms with Crippen LogP contribution < -0.4 is 4.90 Å². The van der Waals surface area contributed by atoms with Gasteiger partial charge in [0.25, 0.3) is 5.95 Å². The molecule has 106 valence electrons. The summed E-state index contributed by atoms with van der Waals surface area (Å²) in [4.78, 5) is 14.1. The molecule has 0 spiro atoms. The Labute approximate surface area is 138 Å². The lowest BCUT2D eigenvalue weighted by atomic mass is 10.3. The Morgan fingerprint density at radius 3 is 2.50 bits per heavy atom. The number of rotatable bonds is 3. The molecular formula is C10H8BrCl3N6. The largest absolute Gasteiger partial charge is 0.362 e.